The van der Waals surface area contributed by atoms with Crippen molar-refractivity contribution >= 4 is 5.78 Å². The molecule has 3 heteroatoms. The van der Waals surface area contributed by atoms with Crippen LogP contribution >= 0.6 is 0 Å². The number of carbonyl (C=O) groups excluding carboxylic acids is 1. The average molecular weight is 226 g/mol. The zero-order valence-corrected chi connectivity index (χ0v) is 9.95. The van der Waals surface area contributed by atoms with E-state index in [0.717, 1.165) is 45.5 Å². The standard InChI is InChI=1S/C13H22O3/c14-13(12-3-1-2-4-12)10-16-9-11-5-7-15-8-6-11/h11-12H,1-10H2. The van der Waals surface area contributed by atoms with E-state index in [0.29, 0.717) is 24.2 Å². The van der Waals surface area contributed by atoms with Crippen molar-refractivity contribution in [3.05, 3.63) is 0 Å². The first-order valence-corrected chi connectivity index (χ1v) is 6.54. The number of hydrogen-bond acceptors (Lipinski definition) is 3. The molecule has 0 N–H and O–H groups in total. The highest BCUT2D eigenvalue weighted by Crippen LogP contribution is 2.25. The minimum atomic E-state index is 0.301. The molecule has 0 spiro atoms. The van der Waals surface area contributed by atoms with Gasteiger partial charge in [-0.2, -0.15) is 0 Å². The van der Waals surface area contributed by atoms with Crippen LogP contribution in [0.5, 0.6) is 0 Å². The Labute approximate surface area is 97.5 Å². The molecule has 2 fully saturated rings. The highest BCUT2D eigenvalue weighted by atomic mass is 16.5. The number of carbonyl (C=O) groups is 1. The Hall–Kier alpha value is -0.410. The lowest BCUT2D eigenvalue weighted by Crippen LogP contribution is -2.23. The molecule has 0 aromatic heterocycles. The van der Waals surface area contributed by atoms with Crippen molar-refractivity contribution < 1.29 is 14.3 Å². The van der Waals surface area contributed by atoms with E-state index in [1.165, 1.54) is 12.8 Å². The summed E-state index contributed by atoms with van der Waals surface area (Å²) in [5.74, 6) is 1.23. The Kier molecular flexibility index (Phi) is 4.79. The Morgan fingerprint density at radius 2 is 1.81 bits per heavy atom. The van der Waals surface area contributed by atoms with Crippen LogP contribution in [0, 0.1) is 11.8 Å². The molecule has 1 aliphatic carbocycles. The summed E-state index contributed by atoms with van der Waals surface area (Å²) in [6.45, 7) is 2.78. The highest BCUT2D eigenvalue weighted by molar-refractivity contribution is 5.82. The third-order valence-electron chi connectivity index (χ3n) is 3.75. The summed E-state index contributed by atoms with van der Waals surface area (Å²) in [7, 11) is 0. The third kappa shape index (κ3) is 3.56. The molecule has 0 atom stereocenters. The smallest absolute Gasteiger partial charge is 0.161 e. The lowest BCUT2D eigenvalue weighted by atomic mass is 10.0. The molecule has 0 aromatic carbocycles. The fraction of sp³-hybridized carbons (Fsp3) is 0.923. The summed E-state index contributed by atoms with van der Waals surface area (Å²) in [5, 5.41) is 0. The number of hydrogen-bond donors (Lipinski definition) is 0. The first-order chi connectivity index (χ1) is 7.86. The van der Waals surface area contributed by atoms with E-state index in [2.05, 4.69) is 0 Å². The van der Waals surface area contributed by atoms with E-state index in [9.17, 15) is 4.79 Å². The second-order valence-electron chi connectivity index (χ2n) is 5.02. The molecule has 92 valence electrons. The highest BCUT2D eigenvalue weighted by Gasteiger charge is 2.23. The molecule has 0 radical (unpaired) electrons. The molecule has 3 nitrogen and oxygen atoms in total. The van der Waals surface area contributed by atoms with Gasteiger partial charge in [-0.1, -0.05) is 12.8 Å². The second kappa shape index (κ2) is 6.36. The minimum Gasteiger partial charge on any atom is -0.381 e. The van der Waals surface area contributed by atoms with Gasteiger partial charge in [-0.3, -0.25) is 4.79 Å². The molecule has 2 aliphatic rings. The van der Waals surface area contributed by atoms with Crippen molar-refractivity contribution in [1.29, 1.82) is 0 Å². The SMILES string of the molecule is O=C(COCC1CCOCC1)C1CCCC1. The molecule has 0 amide bonds. The quantitative estimate of drug-likeness (QED) is 0.721. The Morgan fingerprint density at radius 3 is 2.50 bits per heavy atom. The molecule has 0 unspecified atom stereocenters. The summed E-state index contributed by atoms with van der Waals surface area (Å²) in [6, 6.07) is 0. The summed E-state index contributed by atoms with van der Waals surface area (Å²) >= 11 is 0. The van der Waals surface area contributed by atoms with Crippen LogP contribution in [-0.2, 0) is 14.3 Å². The van der Waals surface area contributed by atoms with Crippen LogP contribution in [0.1, 0.15) is 38.5 Å². The van der Waals surface area contributed by atoms with Gasteiger partial charge in [-0.15, -0.1) is 0 Å². The molecule has 0 bridgehead atoms. The van der Waals surface area contributed by atoms with Crippen LogP contribution in [-0.4, -0.2) is 32.2 Å². The number of Topliss-reactive ketones (excluding diaryl/α,β-unsaturated/α-hetero) is 1. The van der Waals surface area contributed by atoms with Crippen LogP contribution in [0.4, 0.5) is 0 Å². The predicted molar refractivity (Wildman–Crippen MR) is 61.3 cm³/mol. The zero-order chi connectivity index (χ0) is 11.2. The molecular formula is C13H22O3. The van der Waals surface area contributed by atoms with Gasteiger partial charge >= 0.3 is 0 Å². The average Bonchev–Trinajstić information content (AvgIpc) is 2.84. The van der Waals surface area contributed by atoms with Crippen molar-refractivity contribution in [3.63, 3.8) is 0 Å². The normalized spacial score (nSPS) is 23.8. The Balaban J connectivity index is 1.57. The van der Waals surface area contributed by atoms with Crippen LogP contribution in [0.3, 0.4) is 0 Å². The van der Waals surface area contributed by atoms with Gasteiger partial charge in [-0.05, 0) is 31.6 Å². The fourth-order valence-electron chi connectivity index (χ4n) is 2.60. The van der Waals surface area contributed by atoms with Gasteiger partial charge in [-0.25, -0.2) is 0 Å². The van der Waals surface area contributed by atoms with Crippen molar-refractivity contribution in [2.75, 3.05) is 26.4 Å². The summed E-state index contributed by atoms with van der Waals surface area (Å²) < 4.78 is 10.8. The van der Waals surface area contributed by atoms with Crippen molar-refractivity contribution in [1.82, 2.24) is 0 Å². The summed E-state index contributed by atoms with van der Waals surface area (Å²) in [6.07, 6.45) is 6.76. The van der Waals surface area contributed by atoms with E-state index in [1.807, 2.05) is 0 Å². The van der Waals surface area contributed by atoms with E-state index < -0.39 is 0 Å². The minimum absolute atomic E-state index is 0.301. The summed E-state index contributed by atoms with van der Waals surface area (Å²) in [4.78, 5) is 11.7. The molecule has 0 aromatic rings. The molecule has 2 rings (SSSR count). The van der Waals surface area contributed by atoms with Crippen molar-refractivity contribution in [2.24, 2.45) is 11.8 Å². The lowest BCUT2D eigenvalue weighted by Gasteiger charge is -2.21. The number of rotatable bonds is 5. The third-order valence-corrected chi connectivity index (χ3v) is 3.75. The van der Waals surface area contributed by atoms with Crippen LogP contribution < -0.4 is 0 Å². The van der Waals surface area contributed by atoms with Gasteiger partial charge in [0.1, 0.15) is 6.61 Å². The topological polar surface area (TPSA) is 35.5 Å². The van der Waals surface area contributed by atoms with Crippen LogP contribution in [0.25, 0.3) is 0 Å². The van der Waals surface area contributed by atoms with Gasteiger partial charge in [0.15, 0.2) is 5.78 Å². The molecule has 1 aliphatic heterocycles. The second-order valence-corrected chi connectivity index (χ2v) is 5.02. The predicted octanol–water partition coefficient (Wildman–Crippen LogP) is 2.19. The Morgan fingerprint density at radius 1 is 1.12 bits per heavy atom. The molecule has 1 saturated heterocycles. The number of ether oxygens (including phenoxy) is 2. The van der Waals surface area contributed by atoms with Gasteiger partial charge in [0.05, 0.1) is 6.61 Å². The maximum Gasteiger partial charge on any atom is 0.161 e. The molecule has 16 heavy (non-hydrogen) atoms. The first kappa shape index (κ1) is 12.1. The maximum atomic E-state index is 11.7. The first-order valence-electron chi connectivity index (χ1n) is 6.54. The monoisotopic (exact) mass is 226 g/mol. The van der Waals surface area contributed by atoms with E-state index in [4.69, 9.17) is 9.47 Å². The fourth-order valence-corrected chi connectivity index (χ4v) is 2.60. The van der Waals surface area contributed by atoms with Crippen LogP contribution in [0.15, 0.2) is 0 Å². The van der Waals surface area contributed by atoms with E-state index in [1.54, 1.807) is 0 Å². The largest absolute Gasteiger partial charge is 0.381 e. The van der Waals surface area contributed by atoms with E-state index >= 15 is 0 Å². The van der Waals surface area contributed by atoms with Gasteiger partial charge in [0, 0.05) is 19.1 Å². The van der Waals surface area contributed by atoms with Crippen molar-refractivity contribution in [3.8, 4) is 0 Å². The molecule has 1 saturated carbocycles. The molecule has 1 heterocycles. The lowest BCUT2D eigenvalue weighted by molar-refractivity contribution is -0.128. The van der Waals surface area contributed by atoms with Gasteiger partial charge in [0.2, 0.25) is 0 Å². The van der Waals surface area contributed by atoms with Gasteiger partial charge in [0.25, 0.3) is 0 Å². The zero-order valence-electron chi connectivity index (χ0n) is 9.95. The number of ketones is 1. The van der Waals surface area contributed by atoms with E-state index in [-0.39, 0.29) is 0 Å². The van der Waals surface area contributed by atoms with Crippen LogP contribution in [0.2, 0.25) is 0 Å². The summed E-state index contributed by atoms with van der Waals surface area (Å²) in [5.41, 5.74) is 0. The van der Waals surface area contributed by atoms with Gasteiger partial charge < -0.3 is 9.47 Å². The maximum absolute atomic E-state index is 11.7. The van der Waals surface area contributed by atoms with Crippen molar-refractivity contribution in [2.45, 2.75) is 38.5 Å². The Bertz CT molecular complexity index is 215. The molecular weight excluding hydrogens is 204 g/mol.